The largest absolute Gasteiger partial charge is 0.507 e. The molecule has 3 aromatic rings. The Labute approximate surface area is 184 Å². The number of thiophene rings is 1. The Hall–Kier alpha value is -3.45. The molecule has 158 valence electrons. The maximum atomic E-state index is 13.0. The Morgan fingerprint density at radius 1 is 1.16 bits per heavy atom. The van der Waals surface area contributed by atoms with E-state index >= 15 is 0 Å². The number of hydrogen-bond donors (Lipinski definition) is 1. The van der Waals surface area contributed by atoms with Crippen LogP contribution in [0.15, 0.2) is 71.9 Å². The van der Waals surface area contributed by atoms with Crippen LogP contribution in [0.1, 0.15) is 35.4 Å². The Bertz CT molecular complexity index is 1110. The zero-order valence-corrected chi connectivity index (χ0v) is 17.8. The normalized spacial score (nSPS) is 17.8. The van der Waals surface area contributed by atoms with Crippen LogP contribution in [0.3, 0.4) is 0 Å². The van der Waals surface area contributed by atoms with Crippen LogP contribution in [0.2, 0.25) is 0 Å². The molecule has 0 spiro atoms. The summed E-state index contributed by atoms with van der Waals surface area (Å²) in [6.07, 6.45) is 4.08. The van der Waals surface area contributed by atoms with Crippen molar-refractivity contribution in [3.05, 3.63) is 87.9 Å². The average Bonchev–Trinajstić information content (AvgIpc) is 3.40. The van der Waals surface area contributed by atoms with E-state index in [-0.39, 0.29) is 17.9 Å². The number of hydrogen-bond acceptors (Lipinski definition) is 6. The second-order valence-corrected chi connectivity index (χ2v) is 8.20. The molecule has 1 unspecified atom stereocenters. The van der Waals surface area contributed by atoms with Gasteiger partial charge in [-0.1, -0.05) is 25.1 Å². The van der Waals surface area contributed by atoms with Gasteiger partial charge in [0.15, 0.2) is 0 Å². The van der Waals surface area contributed by atoms with Gasteiger partial charge in [-0.15, -0.1) is 11.3 Å². The molecule has 1 aliphatic heterocycles. The summed E-state index contributed by atoms with van der Waals surface area (Å²) in [7, 11) is 0. The molecule has 31 heavy (non-hydrogen) atoms. The van der Waals surface area contributed by atoms with Crippen LogP contribution in [-0.2, 0) is 16.1 Å². The van der Waals surface area contributed by atoms with E-state index in [9.17, 15) is 14.7 Å². The molecule has 1 amide bonds. The minimum Gasteiger partial charge on any atom is -0.507 e. The quantitative estimate of drug-likeness (QED) is 0.335. The minimum absolute atomic E-state index is 0.0698. The van der Waals surface area contributed by atoms with Gasteiger partial charge in [0, 0.05) is 22.8 Å². The number of pyridine rings is 1. The fraction of sp³-hybridized carbons (Fsp3) is 0.208. The van der Waals surface area contributed by atoms with E-state index < -0.39 is 17.7 Å². The van der Waals surface area contributed by atoms with Crippen molar-refractivity contribution in [3.8, 4) is 5.75 Å². The third kappa shape index (κ3) is 4.22. The van der Waals surface area contributed by atoms with Gasteiger partial charge in [0.1, 0.15) is 11.5 Å². The molecule has 3 heterocycles. The molecule has 7 heteroatoms. The summed E-state index contributed by atoms with van der Waals surface area (Å²) in [5.74, 6) is -0.944. The third-order valence-corrected chi connectivity index (χ3v) is 5.91. The smallest absolute Gasteiger partial charge is 0.295 e. The van der Waals surface area contributed by atoms with E-state index in [0.717, 1.165) is 11.3 Å². The van der Waals surface area contributed by atoms with Gasteiger partial charge in [-0.25, -0.2) is 0 Å². The number of carbonyl (C=O) groups excluding carboxylic acids is 2. The van der Waals surface area contributed by atoms with Crippen LogP contribution in [0.25, 0.3) is 5.76 Å². The van der Waals surface area contributed by atoms with Crippen molar-refractivity contribution in [1.82, 2.24) is 9.88 Å². The number of aliphatic hydroxyl groups excluding tert-OH is 1. The predicted molar refractivity (Wildman–Crippen MR) is 119 cm³/mol. The number of nitrogens with zero attached hydrogens (tertiary/aromatic N) is 2. The molecule has 6 nitrogen and oxygen atoms in total. The minimum atomic E-state index is -0.703. The number of rotatable bonds is 7. The Balaban J connectivity index is 1.80. The highest BCUT2D eigenvalue weighted by molar-refractivity contribution is 7.09. The highest BCUT2D eigenvalue weighted by Crippen LogP contribution is 2.40. The number of Topliss-reactive ketones (excluding diaryl/α,β-unsaturated/α-hetero) is 1. The van der Waals surface area contributed by atoms with Gasteiger partial charge < -0.3 is 14.7 Å². The first kappa shape index (κ1) is 20.8. The maximum absolute atomic E-state index is 13.0. The molecule has 1 N–H and O–H groups in total. The van der Waals surface area contributed by atoms with E-state index in [0.29, 0.717) is 23.5 Å². The zero-order chi connectivity index (χ0) is 21.8. The topological polar surface area (TPSA) is 79.7 Å². The van der Waals surface area contributed by atoms with Crippen molar-refractivity contribution in [2.45, 2.75) is 25.9 Å². The molecule has 0 bridgehead atoms. The van der Waals surface area contributed by atoms with Gasteiger partial charge in [-0.2, -0.15) is 0 Å². The second kappa shape index (κ2) is 9.14. The number of carbonyl (C=O) groups is 2. The first-order valence-electron chi connectivity index (χ1n) is 10.0. The van der Waals surface area contributed by atoms with Crippen LogP contribution in [0.5, 0.6) is 5.75 Å². The van der Waals surface area contributed by atoms with Crippen LogP contribution < -0.4 is 4.74 Å². The Kier molecular flexibility index (Phi) is 6.13. The molecule has 2 aromatic heterocycles. The summed E-state index contributed by atoms with van der Waals surface area (Å²) in [4.78, 5) is 32.5. The van der Waals surface area contributed by atoms with E-state index in [2.05, 4.69) is 4.98 Å². The number of aliphatic hydroxyl groups is 1. The number of likely N-dealkylation sites (tertiary alicyclic amines) is 1. The van der Waals surface area contributed by atoms with Gasteiger partial charge in [0.05, 0.1) is 24.8 Å². The van der Waals surface area contributed by atoms with Gasteiger partial charge >= 0.3 is 0 Å². The fourth-order valence-corrected chi connectivity index (χ4v) is 4.32. The number of amides is 1. The van der Waals surface area contributed by atoms with Gasteiger partial charge in [-0.05, 0) is 47.7 Å². The van der Waals surface area contributed by atoms with Crippen molar-refractivity contribution in [2.24, 2.45) is 0 Å². The van der Waals surface area contributed by atoms with Crippen molar-refractivity contribution >= 4 is 28.8 Å². The number of benzene rings is 1. The molecular formula is C24H22N2O4S. The fourth-order valence-electron chi connectivity index (χ4n) is 3.61. The summed E-state index contributed by atoms with van der Waals surface area (Å²) < 4.78 is 5.66. The third-order valence-electron chi connectivity index (χ3n) is 5.05. The molecule has 1 atom stereocenters. The van der Waals surface area contributed by atoms with E-state index in [4.69, 9.17) is 4.74 Å². The maximum Gasteiger partial charge on any atom is 0.295 e. The van der Waals surface area contributed by atoms with Gasteiger partial charge in [0.25, 0.3) is 11.7 Å². The molecule has 0 radical (unpaired) electrons. The van der Waals surface area contributed by atoms with Crippen molar-refractivity contribution < 1.29 is 19.4 Å². The monoisotopic (exact) mass is 434 g/mol. The lowest BCUT2D eigenvalue weighted by molar-refractivity contribution is -0.140. The first-order valence-corrected chi connectivity index (χ1v) is 10.9. The molecular weight excluding hydrogens is 412 g/mol. The Morgan fingerprint density at radius 3 is 2.68 bits per heavy atom. The van der Waals surface area contributed by atoms with Crippen molar-refractivity contribution in [2.75, 3.05) is 6.61 Å². The lowest BCUT2D eigenvalue weighted by Crippen LogP contribution is -2.28. The summed E-state index contributed by atoms with van der Waals surface area (Å²) in [5.41, 5.74) is 1.22. The van der Waals surface area contributed by atoms with Gasteiger partial charge in [0.2, 0.25) is 0 Å². The van der Waals surface area contributed by atoms with Crippen molar-refractivity contribution in [1.29, 1.82) is 0 Å². The van der Waals surface area contributed by atoms with Crippen LogP contribution in [0, 0.1) is 0 Å². The Morgan fingerprint density at radius 2 is 1.97 bits per heavy atom. The van der Waals surface area contributed by atoms with E-state index in [1.54, 1.807) is 48.8 Å². The average molecular weight is 435 g/mol. The SMILES string of the molecule is CCCOc1cccc(/C(O)=C2/C(=O)C(=O)N(Cc3cccs3)C2c2ccncc2)c1. The standard InChI is InChI=1S/C24H22N2O4S/c1-2-12-30-18-6-3-5-17(14-18)22(27)20-21(16-8-10-25-11-9-16)26(24(29)23(20)28)15-19-7-4-13-31-19/h3-11,13-14,21,27H,2,12,15H2,1H3/b22-20-. The molecule has 1 saturated heterocycles. The van der Waals surface area contributed by atoms with Crippen LogP contribution in [-0.4, -0.2) is 33.3 Å². The summed E-state index contributed by atoms with van der Waals surface area (Å²) in [5, 5.41) is 13.1. The lowest BCUT2D eigenvalue weighted by Gasteiger charge is -2.24. The number of ketones is 1. The van der Waals surface area contributed by atoms with Crippen LogP contribution >= 0.6 is 11.3 Å². The number of ether oxygens (including phenoxy) is 1. The van der Waals surface area contributed by atoms with E-state index in [1.807, 2.05) is 24.4 Å². The number of aromatic nitrogens is 1. The molecule has 1 aromatic carbocycles. The first-order chi connectivity index (χ1) is 15.1. The van der Waals surface area contributed by atoms with Crippen molar-refractivity contribution in [3.63, 3.8) is 0 Å². The second-order valence-electron chi connectivity index (χ2n) is 7.16. The highest BCUT2D eigenvalue weighted by atomic mass is 32.1. The summed E-state index contributed by atoms with van der Waals surface area (Å²) in [6.45, 7) is 2.84. The molecule has 0 saturated carbocycles. The zero-order valence-electron chi connectivity index (χ0n) is 17.0. The van der Waals surface area contributed by atoms with Crippen LogP contribution in [0.4, 0.5) is 0 Å². The van der Waals surface area contributed by atoms with E-state index in [1.165, 1.54) is 16.2 Å². The molecule has 4 rings (SSSR count). The molecule has 1 aliphatic rings. The predicted octanol–water partition coefficient (Wildman–Crippen LogP) is 4.55. The highest BCUT2D eigenvalue weighted by Gasteiger charge is 2.46. The summed E-state index contributed by atoms with van der Waals surface area (Å²) in [6, 6.07) is 13.6. The lowest BCUT2D eigenvalue weighted by atomic mass is 9.96. The molecule has 1 fully saturated rings. The molecule has 0 aliphatic carbocycles. The van der Waals surface area contributed by atoms with Gasteiger partial charge in [-0.3, -0.25) is 14.6 Å². The summed E-state index contributed by atoms with van der Waals surface area (Å²) >= 11 is 1.51.